The monoisotopic (exact) mass is 438 g/mol. The Bertz CT molecular complexity index is 392. The number of hydrogen-bond acceptors (Lipinski definition) is 2. The van der Waals surface area contributed by atoms with E-state index in [1.54, 1.807) is 0 Å². The number of Topliss-reactive ketones (excluding diaryl/α,β-unsaturated/α-hetero) is 1. The van der Waals surface area contributed by atoms with Crippen LogP contribution in [-0.4, -0.2) is 16.9 Å². The largest absolute Gasteiger partial charge is 0.481 e. The summed E-state index contributed by atoms with van der Waals surface area (Å²) in [5, 5.41) is 8.59. The van der Waals surface area contributed by atoms with E-state index in [1.165, 1.54) is 103 Å². The van der Waals surface area contributed by atoms with Crippen molar-refractivity contribution in [3.63, 3.8) is 0 Å². The van der Waals surface area contributed by atoms with E-state index < -0.39 is 5.97 Å². The molecular weight excluding hydrogens is 384 g/mol. The Balaban J connectivity index is 3.14. The summed E-state index contributed by atoms with van der Waals surface area (Å²) in [6, 6.07) is 0. The first-order chi connectivity index (χ1) is 15.2. The normalized spacial score (nSPS) is 11.1. The minimum atomic E-state index is -0.704. The van der Waals surface area contributed by atoms with E-state index in [9.17, 15) is 9.59 Å². The van der Waals surface area contributed by atoms with Crippen LogP contribution in [0, 0.1) is 0 Å². The Hall–Kier alpha value is -0.860. The summed E-state index contributed by atoms with van der Waals surface area (Å²) in [7, 11) is 0. The van der Waals surface area contributed by atoms with Gasteiger partial charge in [-0.05, 0) is 19.3 Å². The molecule has 0 aromatic heterocycles. The van der Waals surface area contributed by atoms with Gasteiger partial charge in [0.05, 0.1) is 0 Å². The van der Waals surface area contributed by atoms with Gasteiger partial charge in [-0.15, -0.1) is 0 Å². The van der Waals surface area contributed by atoms with Crippen molar-refractivity contribution in [2.24, 2.45) is 0 Å². The van der Waals surface area contributed by atoms with Crippen molar-refractivity contribution in [3.05, 3.63) is 0 Å². The van der Waals surface area contributed by atoms with E-state index in [4.69, 9.17) is 5.11 Å². The molecule has 0 atom stereocenters. The number of carbonyl (C=O) groups excluding carboxylic acids is 1. The number of unbranched alkanes of at least 4 members (excludes halogenated alkanes) is 20. The number of hydrogen-bond donors (Lipinski definition) is 1. The molecule has 0 spiro atoms. The van der Waals surface area contributed by atoms with Crippen LogP contribution in [0.25, 0.3) is 0 Å². The van der Waals surface area contributed by atoms with Crippen LogP contribution in [-0.2, 0) is 9.59 Å². The summed E-state index contributed by atoms with van der Waals surface area (Å²) in [5.41, 5.74) is 0. The Morgan fingerprint density at radius 3 is 0.968 bits per heavy atom. The van der Waals surface area contributed by atoms with Crippen molar-refractivity contribution in [3.8, 4) is 0 Å². The number of carbonyl (C=O) groups is 2. The topological polar surface area (TPSA) is 54.4 Å². The molecular formula is C28H54O3. The van der Waals surface area contributed by atoms with Crippen LogP contribution in [0.15, 0.2) is 0 Å². The highest BCUT2D eigenvalue weighted by atomic mass is 16.4. The van der Waals surface area contributed by atoms with Gasteiger partial charge in [0.15, 0.2) is 0 Å². The lowest BCUT2D eigenvalue weighted by atomic mass is 10.0. The second-order valence-electron chi connectivity index (χ2n) is 9.61. The molecule has 31 heavy (non-hydrogen) atoms. The molecule has 0 aliphatic rings. The molecule has 0 aromatic carbocycles. The third-order valence-corrected chi connectivity index (χ3v) is 6.41. The van der Waals surface area contributed by atoms with Gasteiger partial charge in [0.1, 0.15) is 5.78 Å². The van der Waals surface area contributed by atoms with Gasteiger partial charge >= 0.3 is 5.97 Å². The van der Waals surface area contributed by atoms with Crippen LogP contribution >= 0.6 is 0 Å². The Kier molecular flexibility index (Phi) is 24.7. The van der Waals surface area contributed by atoms with Crippen molar-refractivity contribution < 1.29 is 14.7 Å². The van der Waals surface area contributed by atoms with E-state index in [2.05, 4.69) is 6.92 Å². The molecule has 184 valence electrons. The number of rotatable bonds is 26. The van der Waals surface area contributed by atoms with Crippen molar-refractivity contribution in [2.75, 3.05) is 0 Å². The van der Waals surface area contributed by atoms with Gasteiger partial charge < -0.3 is 5.11 Å². The van der Waals surface area contributed by atoms with E-state index in [0.29, 0.717) is 5.78 Å². The molecule has 3 heteroatoms. The van der Waals surface area contributed by atoms with Gasteiger partial charge in [0.2, 0.25) is 0 Å². The average molecular weight is 439 g/mol. The summed E-state index contributed by atoms with van der Waals surface area (Å²) < 4.78 is 0. The number of carboxylic acid groups (broad SMARTS) is 1. The van der Waals surface area contributed by atoms with Crippen molar-refractivity contribution in [1.82, 2.24) is 0 Å². The van der Waals surface area contributed by atoms with E-state index in [-0.39, 0.29) is 6.42 Å². The fourth-order valence-corrected chi connectivity index (χ4v) is 4.30. The fourth-order valence-electron chi connectivity index (χ4n) is 4.30. The van der Waals surface area contributed by atoms with Gasteiger partial charge in [0, 0.05) is 19.3 Å². The number of carboxylic acids is 1. The first-order valence-corrected chi connectivity index (χ1v) is 13.9. The Morgan fingerprint density at radius 1 is 0.419 bits per heavy atom. The van der Waals surface area contributed by atoms with Crippen molar-refractivity contribution in [2.45, 2.75) is 167 Å². The maximum Gasteiger partial charge on any atom is 0.303 e. The maximum absolute atomic E-state index is 11.9. The molecule has 1 N–H and O–H groups in total. The van der Waals surface area contributed by atoms with Crippen LogP contribution < -0.4 is 0 Å². The van der Waals surface area contributed by atoms with Crippen molar-refractivity contribution >= 4 is 11.8 Å². The zero-order valence-corrected chi connectivity index (χ0v) is 20.9. The second kappa shape index (κ2) is 25.4. The third kappa shape index (κ3) is 27.1. The van der Waals surface area contributed by atoms with Gasteiger partial charge in [0.25, 0.3) is 0 Å². The number of aliphatic carboxylic acids is 1. The van der Waals surface area contributed by atoms with Gasteiger partial charge in [-0.1, -0.05) is 129 Å². The smallest absolute Gasteiger partial charge is 0.303 e. The first-order valence-electron chi connectivity index (χ1n) is 13.9. The molecule has 0 aromatic rings. The predicted molar refractivity (Wildman–Crippen MR) is 134 cm³/mol. The molecule has 0 aliphatic heterocycles. The molecule has 0 aliphatic carbocycles. The van der Waals surface area contributed by atoms with Crippen LogP contribution in [0.3, 0.4) is 0 Å². The summed E-state index contributed by atoms with van der Waals surface area (Å²) in [4.78, 5) is 22.3. The standard InChI is InChI=1S/C28H54O3/c1-2-3-4-5-6-7-8-9-10-11-12-13-14-15-16-18-21-24-27(29)25-22-19-17-20-23-26-28(30)31/h2-26H2,1H3,(H,30,31). The molecule has 0 heterocycles. The highest BCUT2D eigenvalue weighted by molar-refractivity contribution is 5.78. The van der Waals surface area contributed by atoms with Crippen molar-refractivity contribution in [1.29, 1.82) is 0 Å². The van der Waals surface area contributed by atoms with E-state index >= 15 is 0 Å². The number of ketones is 1. The third-order valence-electron chi connectivity index (χ3n) is 6.41. The lowest BCUT2D eigenvalue weighted by molar-refractivity contribution is -0.137. The second-order valence-corrected chi connectivity index (χ2v) is 9.61. The molecule has 0 saturated carbocycles. The minimum Gasteiger partial charge on any atom is -0.481 e. The van der Waals surface area contributed by atoms with Crippen LogP contribution in [0.2, 0.25) is 0 Å². The summed E-state index contributed by atoms with van der Waals surface area (Å²) in [6.45, 7) is 2.28. The van der Waals surface area contributed by atoms with E-state index in [0.717, 1.165) is 51.4 Å². The fraction of sp³-hybridized carbons (Fsp3) is 0.929. The first kappa shape index (κ1) is 30.1. The van der Waals surface area contributed by atoms with Gasteiger partial charge in [-0.25, -0.2) is 0 Å². The molecule has 0 unspecified atom stereocenters. The summed E-state index contributed by atoms with van der Waals surface area (Å²) >= 11 is 0. The molecule has 0 amide bonds. The quantitative estimate of drug-likeness (QED) is 0.137. The highest BCUT2D eigenvalue weighted by Crippen LogP contribution is 2.15. The lowest BCUT2D eigenvalue weighted by Crippen LogP contribution is -1.98. The van der Waals surface area contributed by atoms with Gasteiger partial charge in [-0.3, -0.25) is 9.59 Å². The van der Waals surface area contributed by atoms with Crippen LogP contribution in [0.1, 0.15) is 167 Å². The highest BCUT2D eigenvalue weighted by Gasteiger charge is 2.02. The van der Waals surface area contributed by atoms with Crippen LogP contribution in [0.5, 0.6) is 0 Å². The molecule has 0 radical (unpaired) electrons. The zero-order valence-electron chi connectivity index (χ0n) is 20.9. The minimum absolute atomic E-state index is 0.276. The molecule has 0 saturated heterocycles. The summed E-state index contributed by atoms with van der Waals surface area (Å²) in [6.07, 6.45) is 29.9. The molecule has 0 fully saturated rings. The Morgan fingerprint density at radius 2 is 0.677 bits per heavy atom. The molecule has 0 rings (SSSR count). The SMILES string of the molecule is CCCCCCCCCCCCCCCCCCCC(=O)CCCCCCCC(=O)O. The molecule has 0 bridgehead atoms. The Labute approximate surface area is 194 Å². The maximum atomic E-state index is 11.9. The lowest BCUT2D eigenvalue weighted by Gasteiger charge is -2.04. The van der Waals surface area contributed by atoms with Crippen LogP contribution in [0.4, 0.5) is 0 Å². The molecule has 3 nitrogen and oxygen atoms in total. The average Bonchev–Trinajstić information content (AvgIpc) is 2.75. The van der Waals surface area contributed by atoms with E-state index in [1.807, 2.05) is 0 Å². The predicted octanol–water partition coefficient (Wildman–Crippen LogP) is 9.41. The zero-order chi connectivity index (χ0) is 22.8. The summed E-state index contributed by atoms with van der Waals surface area (Å²) in [5.74, 6) is -0.282. The van der Waals surface area contributed by atoms with Gasteiger partial charge in [-0.2, -0.15) is 0 Å².